The summed E-state index contributed by atoms with van der Waals surface area (Å²) in [5, 5.41) is 9.02. The molecular formula is C9H14O5. The molecule has 0 spiro atoms. The maximum Gasteiger partial charge on any atom is 0.335 e. The zero-order chi connectivity index (χ0) is 10.2. The number of rotatable bonds is 6. The first-order chi connectivity index (χ1) is 6.60. The molecule has 0 aromatic rings. The zero-order valence-electron chi connectivity index (χ0n) is 8.06. The van der Waals surface area contributed by atoms with Gasteiger partial charge in [-0.3, -0.25) is 0 Å². The molecule has 2 aliphatic rings. The van der Waals surface area contributed by atoms with Gasteiger partial charge < -0.3 is 19.3 Å². The highest BCUT2D eigenvalue weighted by molar-refractivity contribution is 5.77. The number of carboxylic acids is 1. The maximum absolute atomic E-state index is 11.0. The molecule has 0 radical (unpaired) electrons. The van der Waals surface area contributed by atoms with E-state index in [2.05, 4.69) is 0 Å². The molecule has 5 nitrogen and oxygen atoms in total. The summed E-state index contributed by atoms with van der Waals surface area (Å²) in [7, 11) is 0. The normalized spacial score (nSPS) is 33.5. The Bertz CT molecular complexity index is 233. The van der Waals surface area contributed by atoms with Crippen LogP contribution in [0.1, 0.15) is 13.3 Å². The van der Waals surface area contributed by atoms with Crippen molar-refractivity contribution in [2.75, 3.05) is 19.8 Å². The Morgan fingerprint density at radius 3 is 2.50 bits per heavy atom. The minimum Gasteiger partial charge on any atom is -0.479 e. The Morgan fingerprint density at radius 1 is 1.50 bits per heavy atom. The molecule has 3 unspecified atom stereocenters. The Labute approximate surface area is 81.9 Å². The second-order valence-electron chi connectivity index (χ2n) is 3.96. The van der Waals surface area contributed by atoms with Gasteiger partial charge in [0.05, 0.1) is 25.9 Å². The SMILES string of the molecule is CC(CC1CO1)(OCC1CO1)C(=O)O. The van der Waals surface area contributed by atoms with Crippen LogP contribution in [-0.2, 0) is 19.0 Å². The second kappa shape index (κ2) is 3.49. The molecule has 3 atom stereocenters. The third kappa shape index (κ3) is 2.43. The molecular weight excluding hydrogens is 188 g/mol. The topological polar surface area (TPSA) is 71.6 Å². The van der Waals surface area contributed by atoms with E-state index in [1.54, 1.807) is 6.92 Å². The van der Waals surface area contributed by atoms with Crippen molar-refractivity contribution in [3.63, 3.8) is 0 Å². The number of carboxylic acid groups (broad SMARTS) is 1. The van der Waals surface area contributed by atoms with Crippen LogP contribution in [0.3, 0.4) is 0 Å². The van der Waals surface area contributed by atoms with Gasteiger partial charge in [0.25, 0.3) is 0 Å². The van der Waals surface area contributed by atoms with E-state index in [1.165, 1.54) is 0 Å². The summed E-state index contributed by atoms with van der Waals surface area (Å²) < 4.78 is 15.3. The van der Waals surface area contributed by atoms with E-state index in [-0.39, 0.29) is 12.2 Å². The van der Waals surface area contributed by atoms with Gasteiger partial charge in [-0.1, -0.05) is 0 Å². The van der Waals surface area contributed by atoms with E-state index in [0.717, 1.165) is 0 Å². The molecule has 1 N–H and O–H groups in total. The average Bonchev–Trinajstić information content (AvgIpc) is 2.96. The number of aliphatic carboxylic acids is 1. The standard InChI is InChI=1S/C9H14O5/c1-9(8(10)11,2-6-3-12-6)14-5-7-4-13-7/h6-7H,2-5H2,1H3,(H,10,11). The Hall–Kier alpha value is -0.650. The van der Waals surface area contributed by atoms with Crippen molar-refractivity contribution in [3.05, 3.63) is 0 Å². The first-order valence-corrected chi connectivity index (χ1v) is 4.71. The summed E-state index contributed by atoms with van der Waals surface area (Å²) >= 11 is 0. The van der Waals surface area contributed by atoms with Crippen LogP contribution in [0, 0.1) is 0 Å². The number of carbonyl (C=O) groups is 1. The van der Waals surface area contributed by atoms with Crippen molar-refractivity contribution < 1.29 is 24.1 Å². The van der Waals surface area contributed by atoms with Gasteiger partial charge in [0, 0.05) is 6.42 Å². The summed E-state index contributed by atoms with van der Waals surface area (Å²) in [5.74, 6) is -0.936. The van der Waals surface area contributed by atoms with Crippen molar-refractivity contribution in [2.24, 2.45) is 0 Å². The molecule has 2 saturated heterocycles. The van der Waals surface area contributed by atoms with E-state index in [4.69, 9.17) is 19.3 Å². The summed E-state index contributed by atoms with van der Waals surface area (Å²) in [6.07, 6.45) is 0.555. The highest BCUT2D eigenvalue weighted by Crippen LogP contribution is 2.27. The van der Waals surface area contributed by atoms with E-state index in [0.29, 0.717) is 26.2 Å². The Morgan fingerprint density at radius 2 is 2.07 bits per heavy atom. The lowest BCUT2D eigenvalue weighted by Gasteiger charge is -2.24. The van der Waals surface area contributed by atoms with Gasteiger partial charge in [-0.25, -0.2) is 4.79 Å². The first kappa shape index (κ1) is 9.89. The van der Waals surface area contributed by atoms with Crippen LogP contribution in [0.5, 0.6) is 0 Å². The van der Waals surface area contributed by atoms with Crippen molar-refractivity contribution in [2.45, 2.75) is 31.2 Å². The highest BCUT2D eigenvalue weighted by Gasteiger charge is 2.42. The first-order valence-electron chi connectivity index (χ1n) is 4.71. The molecule has 2 fully saturated rings. The van der Waals surface area contributed by atoms with E-state index < -0.39 is 11.6 Å². The fourth-order valence-corrected chi connectivity index (χ4v) is 1.27. The number of hydrogen-bond acceptors (Lipinski definition) is 4. The smallest absolute Gasteiger partial charge is 0.335 e. The monoisotopic (exact) mass is 202 g/mol. The van der Waals surface area contributed by atoms with Crippen LogP contribution in [0.2, 0.25) is 0 Å². The van der Waals surface area contributed by atoms with E-state index in [1.807, 2.05) is 0 Å². The quantitative estimate of drug-likeness (QED) is 0.615. The lowest BCUT2D eigenvalue weighted by atomic mass is 10.0. The van der Waals surface area contributed by atoms with E-state index >= 15 is 0 Å². The molecule has 2 aliphatic heterocycles. The molecule has 0 saturated carbocycles. The minimum atomic E-state index is -1.13. The highest BCUT2D eigenvalue weighted by atomic mass is 16.6. The molecule has 0 aromatic heterocycles. The Balaban J connectivity index is 1.85. The van der Waals surface area contributed by atoms with Gasteiger partial charge in [0.2, 0.25) is 0 Å². The number of epoxide rings is 2. The lowest BCUT2D eigenvalue weighted by Crippen LogP contribution is -2.40. The van der Waals surface area contributed by atoms with Gasteiger partial charge in [-0.15, -0.1) is 0 Å². The maximum atomic E-state index is 11.0. The molecule has 14 heavy (non-hydrogen) atoms. The van der Waals surface area contributed by atoms with Gasteiger partial charge in [0.1, 0.15) is 6.10 Å². The zero-order valence-corrected chi connectivity index (χ0v) is 8.06. The fourth-order valence-electron chi connectivity index (χ4n) is 1.27. The third-order valence-electron chi connectivity index (χ3n) is 2.46. The van der Waals surface area contributed by atoms with Gasteiger partial charge >= 0.3 is 5.97 Å². The van der Waals surface area contributed by atoms with Crippen molar-refractivity contribution in [1.29, 1.82) is 0 Å². The van der Waals surface area contributed by atoms with Crippen molar-refractivity contribution >= 4 is 5.97 Å². The minimum absolute atomic E-state index is 0.0521. The van der Waals surface area contributed by atoms with Crippen LogP contribution >= 0.6 is 0 Å². The van der Waals surface area contributed by atoms with Crippen LogP contribution in [-0.4, -0.2) is 48.7 Å². The summed E-state index contributed by atoms with van der Waals surface area (Å²) in [5.41, 5.74) is -1.13. The van der Waals surface area contributed by atoms with Gasteiger partial charge in [0.15, 0.2) is 5.60 Å². The average molecular weight is 202 g/mol. The predicted octanol–water partition coefficient (Wildman–Crippen LogP) is 0.0340. The largest absolute Gasteiger partial charge is 0.479 e. The summed E-state index contributed by atoms with van der Waals surface area (Å²) in [6, 6.07) is 0. The number of hydrogen-bond donors (Lipinski definition) is 1. The summed E-state index contributed by atoms with van der Waals surface area (Å²) in [4.78, 5) is 11.0. The lowest BCUT2D eigenvalue weighted by molar-refractivity contribution is -0.165. The van der Waals surface area contributed by atoms with Crippen molar-refractivity contribution in [3.8, 4) is 0 Å². The third-order valence-corrected chi connectivity index (χ3v) is 2.46. The molecule has 2 heterocycles. The van der Waals surface area contributed by atoms with Crippen LogP contribution in [0.4, 0.5) is 0 Å². The second-order valence-corrected chi connectivity index (χ2v) is 3.96. The Kier molecular flexibility index (Phi) is 2.47. The number of ether oxygens (including phenoxy) is 3. The van der Waals surface area contributed by atoms with Crippen molar-refractivity contribution in [1.82, 2.24) is 0 Å². The molecule has 0 aromatic carbocycles. The molecule has 0 bridgehead atoms. The molecule has 80 valence electrons. The van der Waals surface area contributed by atoms with Crippen LogP contribution in [0.25, 0.3) is 0 Å². The van der Waals surface area contributed by atoms with Crippen LogP contribution < -0.4 is 0 Å². The molecule has 5 heteroatoms. The van der Waals surface area contributed by atoms with Gasteiger partial charge in [-0.2, -0.15) is 0 Å². The molecule has 0 amide bonds. The van der Waals surface area contributed by atoms with Gasteiger partial charge in [-0.05, 0) is 6.92 Å². The molecule has 0 aliphatic carbocycles. The van der Waals surface area contributed by atoms with Crippen LogP contribution in [0.15, 0.2) is 0 Å². The molecule has 2 rings (SSSR count). The summed E-state index contributed by atoms with van der Waals surface area (Å²) in [6.45, 7) is 3.26. The van der Waals surface area contributed by atoms with E-state index in [9.17, 15) is 4.79 Å². The predicted molar refractivity (Wildman–Crippen MR) is 46.1 cm³/mol. The fraction of sp³-hybridized carbons (Fsp3) is 0.889.